The topological polar surface area (TPSA) is 45.7 Å². The average Bonchev–Trinajstić information content (AvgIpc) is 3.07. The van der Waals surface area contributed by atoms with Gasteiger partial charge in [-0.15, -0.1) is 11.3 Å². The van der Waals surface area contributed by atoms with E-state index in [0.29, 0.717) is 0 Å². The van der Waals surface area contributed by atoms with Gasteiger partial charge in [0.05, 0.1) is 4.88 Å². The van der Waals surface area contributed by atoms with Crippen LogP contribution in [0.5, 0.6) is 0 Å². The number of quaternary nitrogens is 1. The van der Waals surface area contributed by atoms with Crippen molar-refractivity contribution in [3.63, 3.8) is 0 Å². The zero-order valence-corrected chi connectivity index (χ0v) is 14.3. The second-order valence-electron chi connectivity index (χ2n) is 5.58. The zero-order chi connectivity index (χ0) is 15.9. The molecule has 0 radical (unpaired) electrons. The molecule has 1 heterocycles. The number of nitrogens with one attached hydrogen (secondary N) is 1. The van der Waals surface area contributed by atoms with Crippen LogP contribution in [-0.2, 0) is 11.2 Å². The molecule has 22 heavy (non-hydrogen) atoms. The van der Waals surface area contributed by atoms with Crippen molar-refractivity contribution in [1.29, 1.82) is 0 Å². The molecule has 4 heteroatoms. The number of hydrogen-bond donors (Lipinski definition) is 2. The number of likely N-dealkylation sites (N-methyl/N-ethyl adjacent to an activating group) is 1. The number of hydrogen-bond acceptors (Lipinski definition) is 2. The first kappa shape index (κ1) is 16.7. The highest BCUT2D eigenvalue weighted by molar-refractivity contribution is 7.10. The van der Waals surface area contributed by atoms with E-state index in [9.17, 15) is 4.79 Å². The molecule has 0 aliphatic rings. The van der Waals surface area contributed by atoms with Crippen LogP contribution in [-0.4, -0.2) is 19.0 Å². The van der Waals surface area contributed by atoms with Crippen LogP contribution in [0.25, 0.3) is 0 Å². The maximum atomic E-state index is 11.8. The fourth-order valence-corrected chi connectivity index (χ4v) is 3.46. The van der Waals surface area contributed by atoms with Gasteiger partial charge < -0.3 is 10.6 Å². The number of thiophene rings is 1. The molecule has 118 valence electrons. The normalized spacial score (nSPS) is 13.6. The van der Waals surface area contributed by atoms with E-state index in [0.717, 1.165) is 12.8 Å². The maximum absolute atomic E-state index is 11.8. The lowest BCUT2D eigenvalue weighted by Gasteiger charge is -2.19. The predicted octanol–water partition coefficient (Wildman–Crippen LogP) is 2.49. The molecule has 0 aliphatic carbocycles. The van der Waals surface area contributed by atoms with Crippen molar-refractivity contribution >= 4 is 17.2 Å². The predicted molar refractivity (Wildman–Crippen MR) is 92.1 cm³/mol. The Morgan fingerprint density at radius 1 is 1.27 bits per heavy atom. The maximum Gasteiger partial charge on any atom is 0.277 e. The molecule has 1 aromatic heterocycles. The first-order chi connectivity index (χ1) is 10.7. The van der Waals surface area contributed by atoms with Crippen LogP contribution < -0.4 is 10.6 Å². The fourth-order valence-electron chi connectivity index (χ4n) is 2.62. The Hall–Kier alpha value is -1.65. The minimum atomic E-state index is -0.118. The Kier molecular flexibility index (Phi) is 6.16. The molecule has 0 fully saturated rings. The van der Waals surface area contributed by atoms with Gasteiger partial charge in [0.25, 0.3) is 5.91 Å². The molecule has 0 aliphatic heterocycles. The standard InChI is InChI=1S/C18H24N2OS/c1-4-6-14-8-10-15(11-9-14)17(16-7-5-12-22-16)20-13(2)18(21)19-3/h5,7-13,17,20H,4,6H2,1-3H3,(H,19,21)/p+1/t13-,17-/m0/s1. The number of aryl methyl sites for hydroxylation is 1. The van der Waals surface area contributed by atoms with Gasteiger partial charge in [-0.25, -0.2) is 0 Å². The molecule has 3 nitrogen and oxygen atoms in total. The summed E-state index contributed by atoms with van der Waals surface area (Å²) in [4.78, 5) is 13.1. The number of benzene rings is 1. The van der Waals surface area contributed by atoms with Crippen molar-refractivity contribution in [1.82, 2.24) is 5.32 Å². The molecular weight excluding hydrogens is 292 g/mol. The van der Waals surface area contributed by atoms with Crippen molar-refractivity contribution in [2.45, 2.75) is 38.8 Å². The van der Waals surface area contributed by atoms with E-state index in [4.69, 9.17) is 0 Å². The molecule has 0 saturated heterocycles. The van der Waals surface area contributed by atoms with Gasteiger partial charge in [-0.3, -0.25) is 4.79 Å². The van der Waals surface area contributed by atoms with Crippen molar-refractivity contribution < 1.29 is 10.1 Å². The Bertz CT molecular complexity index is 578. The minimum Gasteiger partial charge on any atom is -0.354 e. The monoisotopic (exact) mass is 317 g/mol. The highest BCUT2D eigenvalue weighted by atomic mass is 32.1. The fraction of sp³-hybridized carbons (Fsp3) is 0.389. The summed E-state index contributed by atoms with van der Waals surface area (Å²) < 4.78 is 0. The number of amides is 1. The van der Waals surface area contributed by atoms with Gasteiger partial charge in [0.2, 0.25) is 0 Å². The second-order valence-corrected chi connectivity index (χ2v) is 6.56. The summed E-state index contributed by atoms with van der Waals surface area (Å²) in [6.07, 6.45) is 2.27. The van der Waals surface area contributed by atoms with Crippen molar-refractivity contribution in [2.24, 2.45) is 0 Å². The molecule has 1 aromatic carbocycles. The lowest BCUT2D eigenvalue weighted by molar-refractivity contribution is -0.704. The summed E-state index contributed by atoms with van der Waals surface area (Å²) in [6, 6.07) is 13.1. The van der Waals surface area contributed by atoms with Gasteiger partial charge in [0, 0.05) is 12.6 Å². The van der Waals surface area contributed by atoms with Crippen molar-refractivity contribution in [3.05, 3.63) is 57.8 Å². The number of nitrogens with two attached hydrogens (primary N) is 1. The summed E-state index contributed by atoms with van der Waals surface area (Å²) in [5.74, 6) is 0.0594. The SMILES string of the molecule is CCCc1ccc([C@H]([NH2+][C@@H](C)C(=O)NC)c2cccs2)cc1. The highest BCUT2D eigenvalue weighted by Gasteiger charge is 2.24. The smallest absolute Gasteiger partial charge is 0.277 e. The van der Waals surface area contributed by atoms with Gasteiger partial charge >= 0.3 is 0 Å². The van der Waals surface area contributed by atoms with E-state index in [1.165, 1.54) is 16.0 Å². The molecule has 2 atom stereocenters. The average molecular weight is 317 g/mol. The molecule has 0 unspecified atom stereocenters. The van der Waals surface area contributed by atoms with Crippen LogP contribution >= 0.6 is 11.3 Å². The molecule has 0 saturated carbocycles. The summed E-state index contributed by atoms with van der Waals surface area (Å²) in [6.45, 7) is 4.14. The van der Waals surface area contributed by atoms with E-state index in [2.05, 4.69) is 59.3 Å². The number of rotatable bonds is 7. The van der Waals surface area contributed by atoms with Crippen LogP contribution in [0.15, 0.2) is 41.8 Å². The van der Waals surface area contributed by atoms with Crippen molar-refractivity contribution in [3.8, 4) is 0 Å². The Labute approximate surface area is 136 Å². The van der Waals surface area contributed by atoms with Gasteiger partial charge in [0.1, 0.15) is 6.04 Å². The molecule has 0 spiro atoms. The van der Waals surface area contributed by atoms with Gasteiger partial charge in [-0.05, 0) is 30.4 Å². The van der Waals surface area contributed by atoms with Crippen LogP contribution in [0.2, 0.25) is 0 Å². The molecule has 3 N–H and O–H groups in total. The first-order valence-corrected chi connectivity index (χ1v) is 8.72. The summed E-state index contributed by atoms with van der Waals surface area (Å²) >= 11 is 1.74. The van der Waals surface area contributed by atoms with E-state index in [-0.39, 0.29) is 18.0 Å². The van der Waals surface area contributed by atoms with E-state index >= 15 is 0 Å². The van der Waals surface area contributed by atoms with Crippen LogP contribution in [0.1, 0.15) is 42.3 Å². The van der Waals surface area contributed by atoms with Gasteiger partial charge in [-0.1, -0.05) is 43.7 Å². The summed E-state index contributed by atoms with van der Waals surface area (Å²) in [5, 5.41) is 6.95. The third kappa shape index (κ3) is 4.18. The Balaban J connectivity index is 2.23. The van der Waals surface area contributed by atoms with E-state index in [1.54, 1.807) is 18.4 Å². The minimum absolute atomic E-state index is 0.0594. The number of carbonyl (C=O) groups excluding carboxylic acids is 1. The first-order valence-electron chi connectivity index (χ1n) is 7.84. The third-order valence-corrected chi connectivity index (χ3v) is 4.82. The summed E-state index contributed by atoms with van der Waals surface area (Å²) in [5.41, 5.74) is 2.62. The van der Waals surface area contributed by atoms with Gasteiger partial charge in [0.15, 0.2) is 6.04 Å². The molecule has 2 aromatic rings. The van der Waals surface area contributed by atoms with Crippen LogP contribution in [0.3, 0.4) is 0 Å². The second kappa shape index (κ2) is 8.11. The molecule has 0 bridgehead atoms. The van der Waals surface area contributed by atoms with Gasteiger partial charge in [-0.2, -0.15) is 0 Å². The molecule has 2 rings (SSSR count). The largest absolute Gasteiger partial charge is 0.354 e. The van der Waals surface area contributed by atoms with E-state index < -0.39 is 0 Å². The third-order valence-electron chi connectivity index (χ3n) is 3.87. The molecule has 1 amide bonds. The zero-order valence-electron chi connectivity index (χ0n) is 13.5. The molecular formula is C18H25N2OS+. The number of carbonyl (C=O) groups is 1. The lowest BCUT2D eigenvalue weighted by atomic mass is 10.0. The lowest BCUT2D eigenvalue weighted by Crippen LogP contribution is -2.92. The highest BCUT2D eigenvalue weighted by Crippen LogP contribution is 2.23. The van der Waals surface area contributed by atoms with Crippen molar-refractivity contribution in [2.75, 3.05) is 7.05 Å². The van der Waals surface area contributed by atoms with Crippen LogP contribution in [0, 0.1) is 0 Å². The quantitative estimate of drug-likeness (QED) is 0.810. The Morgan fingerprint density at radius 3 is 2.55 bits per heavy atom. The summed E-state index contributed by atoms with van der Waals surface area (Å²) in [7, 11) is 1.69. The van der Waals surface area contributed by atoms with Crippen LogP contribution in [0.4, 0.5) is 0 Å². The van der Waals surface area contributed by atoms with E-state index in [1.807, 2.05) is 6.92 Å². The Morgan fingerprint density at radius 2 is 2.00 bits per heavy atom.